The van der Waals surface area contributed by atoms with Gasteiger partial charge in [-0.15, -0.1) is 5.10 Å². The molecule has 0 atom stereocenters. The Labute approximate surface area is 156 Å². The van der Waals surface area contributed by atoms with Crippen molar-refractivity contribution in [2.24, 2.45) is 0 Å². The number of hydrogen-bond donors (Lipinski definition) is 2. The van der Waals surface area contributed by atoms with E-state index in [1.165, 1.54) is 18.2 Å². The fraction of sp³-hybridized carbons (Fsp3) is 0.0625. The highest BCUT2D eigenvalue weighted by molar-refractivity contribution is 9.10. The molecular weight excluding hydrogens is 404 g/mol. The molecule has 0 saturated carbocycles. The number of carbonyl (C=O) groups excluding carboxylic acids is 1. The molecule has 0 saturated heterocycles. The number of aromatic nitrogens is 3. The number of nitro benzene ring substituents is 1. The second kappa shape index (κ2) is 7.74. The maximum Gasteiger partial charge on any atom is 0.319 e. The van der Waals surface area contributed by atoms with Crippen molar-refractivity contribution in [1.29, 1.82) is 0 Å². The number of halogens is 1. The van der Waals surface area contributed by atoms with Crippen LogP contribution in [0.4, 0.5) is 16.2 Å². The van der Waals surface area contributed by atoms with Crippen LogP contribution in [-0.2, 0) is 6.54 Å². The van der Waals surface area contributed by atoms with Crippen molar-refractivity contribution in [2.45, 2.75) is 6.54 Å². The third-order valence-corrected chi connectivity index (χ3v) is 3.89. The summed E-state index contributed by atoms with van der Waals surface area (Å²) in [4.78, 5) is 22.4. The number of anilines is 1. The molecule has 0 unspecified atom stereocenters. The molecule has 3 rings (SSSR count). The standard InChI is InChI=1S/C16H13BrN6O3/c17-11-4-3-5-13(8-11)22-10-12(20-21-22)9-18-16(24)19-14-6-1-2-7-15(14)23(25)26/h1-8,10H,9H2,(H2,18,19,24). The molecule has 2 N–H and O–H groups in total. The molecule has 2 aromatic carbocycles. The second-order valence-corrected chi connectivity index (χ2v) is 6.13. The van der Waals surface area contributed by atoms with Crippen LogP contribution in [0.2, 0.25) is 0 Å². The van der Waals surface area contributed by atoms with Crippen LogP contribution in [0, 0.1) is 10.1 Å². The van der Waals surface area contributed by atoms with Gasteiger partial charge in [-0.25, -0.2) is 9.48 Å². The number of para-hydroxylation sites is 2. The molecule has 0 bridgehead atoms. The molecule has 3 aromatic rings. The summed E-state index contributed by atoms with van der Waals surface area (Å²) in [6, 6.07) is 12.9. The number of nitrogens with zero attached hydrogens (tertiary/aromatic N) is 4. The van der Waals surface area contributed by atoms with Gasteiger partial charge in [-0.05, 0) is 24.3 Å². The van der Waals surface area contributed by atoms with Crippen LogP contribution in [0.5, 0.6) is 0 Å². The Morgan fingerprint density at radius 2 is 2.04 bits per heavy atom. The Morgan fingerprint density at radius 1 is 1.23 bits per heavy atom. The summed E-state index contributed by atoms with van der Waals surface area (Å²) >= 11 is 3.39. The van der Waals surface area contributed by atoms with E-state index in [0.29, 0.717) is 5.69 Å². The fourth-order valence-corrected chi connectivity index (χ4v) is 2.59. The topological polar surface area (TPSA) is 115 Å². The third kappa shape index (κ3) is 4.22. The van der Waals surface area contributed by atoms with Crippen molar-refractivity contribution in [1.82, 2.24) is 20.3 Å². The number of rotatable bonds is 5. The lowest BCUT2D eigenvalue weighted by Crippen LogP contribution is -2.28. The van der Waals surface area contributed by atoms with Gasteiger partial charge in [0, 0.05) is 10.5 Å². The summed E-state index contributed by atoms with van der Waals surface area (Å²) in [6.07, 6.45) is 1.69. The molecule has 2 amide bonds. The predicted octanol–water partition coefficient (Wildman–Crippen LogP) is 3.26. The lowest BCUT2D eigenvalue weighted by molar-refractivity contribution is -0.383. The van der Waals surface area contributed by atoms with Gasteiger partial charge in [-0.3, -0.25) is 10.1 Å². The van der Waals surface area contributed by atoms with Gasteiger partial charge in [0.25, 0.3) is 5.69 Å². The minimum Gasteiger partial charge on any atom is -0.332 e. The van der Waals surface area contributed by atoms with E-state index in [9.17, 15) is 14.9 Å². The number of nitrogens with one attached hydrogen (secondary N) is 2. The van der Waals surface area contributed by atoms with E-state index in [1.807, 2.05) is 24.3 Å². The second-order valence-electron chi connectivity index (χ2n) is 5.22. The normalized spacial score (nSPS) is 10.3. The van der Waals surface area contributed by atoms with Crippen LogP contribution in [0.25, 0.3) is 5.69 Å². The Bertz CT molecular complexity index is 958. The average Bonchev–Trinajstić information content (AvgIpc) is 3.09. The Kier molecular flexibility index (Phi) is 5.23. The Hall–Kier alpha value is -3.27. The summed E-state index contributed by atoms with van der Waals surface area (Å²) in [6.45, 7) is 0.125. The molecule has 0 radical (unpaired) electrons. The number of nitro groups is 1. The smallest absolute Gasteiger partial charge is 0.319 e. The van der Waals surface area contributed by atoms with Gasteiger partial charge in [-0.1, -0.05) is 39.3 Å². The first-order valence-electron chi connectivity index (χ1n) is 7.48. The van der Waals surface area contributed by atoms with Gasteiger partial charge in [0.05, 0.1) is 23.4 Å². The van der Waals surface area contributed by atoms with Gasteiger partial charge in [-0.2, -0.15) is 0 Å². The first-order chi connectivity index (χ1) is 12.5. The zero-order valence-corrected chi connectivity index (χ0v) is 14.9. The number of hydrogen-bond acceptors (Lipinski definition) is 5. The first kappa shape index (κ1) is 17.5. The maximum atomic E-state index is 12.0. The van der Waals surface area contributed by atoms with Crippen LogP contribution >= 0.6 is 15.9 Å². The molecule has 9 nitrogen and oxygen atoms in total. The molecule has 0 fully saturated rings. The third-order valence-electron chi connectivity index (χ3n) is 3.39. The summed E-state index contributed by atoms with van der Waals surface area (Å²) in [7, 11) is 0. The predicted molar refractivity (Wildman–Crippen MR) is 98.0 cm³/mol. The summed E-state index contributed by atoms with van der Waals surface area (Å²) in [5.41, 5.74) is 1.31. The lowest BCUT2D eigenvalue weighted by atomic mass is 10.3. The average molecular weight is 417 g/mol. The Balaban J connectivity index is 1.61. The van der Waals surface area contributed by atoms with Crippen LogP contribution in [-0.4, -0.2) is 25.9 Å². The Morgan fingerprint density at radius 3 is 2.81 bits per heavy atom. The largest absolute Gasteiger partial charge is 0.332 e. The van der Waals surface area contributed by atoms with E-state index in [2.05, 4.69) is 36.9 Å². The molecule has 0 spiro atoms. The van der Waals surface area contributed by atoms with Crippen LogP contribution in [0.1, 0.15) is 5.69 Å². The zero-order chi connectivity index (χ0) is 18.5. The molecule has 0 aliphatic carbocycles. The number of urea groups is 1. The SMILES string of the molecule is O=C(NCc1cn(-c2cccc(Br)c2)nn1)Nc1ccccc1[N+](=O)[O-]. The number of carbonyl (C=O) groups is 1. The highest BCUT2D eigenvalue weighted by Crippen LogP contribution is 2.22. The van der Waals surface area contributed by atoms with Crippen molar-refractivity contribution in [3.63, 3.8) is 0 Å². The summed E-state index contributed by atoms with van der Waals surface area (Å²) in [5, 5.41) is 24.0. The van der Waals surface area contributed by atoms with Gasteiger partial charge < -0.3 is 10.6 Å². The van der Waals surface area contributed by atoms with Gasteiger partial charge in [0.2, 0.25) is 0 Å². The van der Waals surface area contributed by atoms with E-state index in [-0.39, 0.29) is 17.9 Å². The highest BCUT2D eigenvalue weighted by atomic mass is 79.9. The molecule has 0 aliphatic rings. The van der Waals surface area contributed by atoms with E-state index >= 15 is 0 Å². The van der Waals surface area contributed by atoms with Gasteiger partial charge in [0.15, 0.2) is 0 Å². The molecule has 0 aliphatic heterocycles. The van der Waals surface area contributed by atoms with Gasteiger partial charge >= 0.3 is 6.03 Å². The molecule has 1 aromatic heterocycles. The fourth-order valence-electron chi connectivity index (χ4n) is 2.20. The van der Waals surface area contributed by atoms with E-state index in [1.54, 1.807) is 16.9 Å². The van der Waals surface area contributed by atoms with Crippen molar-refractivity contribution in [3.8, 4) is 5.69 Å². The van der Waals surface area contributed by atoms with Gasteiger partial charge in [0.1, 0.15) is 11.4 Å². The van der Waals surface area contributed by atoms with Crippen LogP contribution < -0.4 is 10.6 Å². The first-order valence-corrected chi connectivity index (χ1v) is 8.27. The highest BCUT2D eigenvalue weighted by Gasteiger charge is 2.14. The maximum absolute atomic E-state index is 12.0. The van der Waals surface area contributed by atoms with Crippen molar-refractivity contribution < 1.29 is 9.72 Å². The van der Waals surface area contributed by atoms with Crippen molar-refractivity contribution in [3.05, 3.63) is 75.0 Å². The zero-order valence-electron chi connectivity index (χ0n) is 13.3. The summed E-state index contributed by atoms with van der Waals surface area (Å²) < 4.78 is 2.50. The monoisotopic (exact) mass is 416 g/mol. The number of amides is 2. The lowest BCUT2D eigenvalue weighted by Gasteiger charge is -2.06. The number of benzene rings is 2. The van der Waals surface area contributed by atoms with E-state index < -0.39 is 11.0 Å². The minimum atomic E-state index is -0.573. The molecule has 132 valence electrons. The molecular formula is C16H13BrN6O3. The molecule has 26 heavy (non-hydrogen) atoms. The van der Waals surface area contributed by atoms with Crippen molar-refractivity contribution in [2.75, 3.05) is 5.32 Å². The molecule has 1 heterocycles. The quantitative estimate of drug-likeness (QED) is 0.489. The molecule has 10 heteroatoms. The minimum absolute atomic E-state index is 0.118. The van der Waals surface area contributed by atoms with Crippen molar-refractivity contribution >= 4 is 33.3 Å². The van der Waals surface area contributed by atoms with Crippen LogP contribution in [0.3, 0.4) is 0 Å². The van der Waals surface area contributed by atoms with Crippen LogP contribution in [0.15, 0.2) is 59.2 Å². The van der Waals surface area contributed by atoms with E-state index in [0.717, 1.165) is 10.2 Å². The van der Waals surface area contributed by atoms with E-state index in [4.69, 9.17) is 0 Å². The summed E-state index contributed by atoms with van der Waals surface area (Å²) in [5.74, 6) is 0.